The Bertz CT molecular complexity index is 828. The van der Waals surface area contributed by atoms with Crippen LogP contribution in [0.1, 0.15) is 11.1 Å². The summed E-state index contributed by atoms with van der Waals surface area (Å²) in [5.41, 5.74) is 2.67. The normalized spacial score (nSPS) is 16.1. The summed E-state index contributed by atoms with van der Waals surface area (Å²) in [5.74, 6) is -0.882. The quantitative estimate of drug-likeness (QED) is 0.817. The number of aromatic amines is 1. The molecule has 1 aromatic heterocycles. The molecular weight excluding hydrogens is 297 g/mol. The number of Topliss-reactive ketones (excluding diaryl/α,β-unsaturated/α-hetero) is 1. The molecule has 0 bridgehead atoms. The Labute approximate surface area is 124 Å². The van der Waals surface area contributed by atoms with Crippen LogP contribution >= 0.6 is 23.2 Å². The van der Waals surface area contributed by atoms with Crippen LogP contribution in [0.5, 0.6) is 0 Å². The summed E-state index contributed by atoms with van der Waals surface area (Å²) in [6.07, 6.45) is 2.72. The van der Waals surface area contributed by atoms with Crippen LogP contribution < -0.4 is 0 Å². The molecule has 2 aromatic rings. The SMILES string of the molecule is Cc1ccc2[nH]cc(C3=C(Cl)C(=O)C=C(Cl)C3=O)c2c1. The molecular formula is C15H9Cl2NO2. The maximum Gasteiger partial charge on any atom is 0.206 e. The number of fused-ring (bicyclic) bond motifs is 1. The standard InChI is InChI=1S/C15H9Cl2NO2/c1-7-2-3-11-8(4-7)9(6-18-11)13-14(17)12(19)5-10(16)15(13)20/h2-6,18H,1H3. The fourth-order valence-electron chi connectivity index (χ4n) is 2.27. The van der Waals surface area contributed by atoms with Crippen molar-refractivity contribution in [2.45, 2.75) is 6.92 Å². The number of carbonyl (C=O) groups excluding carboxylic acids is 2. The van der Waals surface area contributed by atoms with Gasteiger partial charge in [0, 0.05) is 28.7 Å². The molecule has 0 amide bonds. The molecule has 1 N–H and O–H groups in total. The number of allylic oxidation sites excluding steroid dienone is 4. The average Bonchev–Trinajstić information content (AvgIpc) is 2.80. The number of carbonyl (C=O) groups is 2. The van der Waals surface area contributed by atoms with Gasteiger partial charge in [-0.2, -0.15) is 0 Å². The molecule has 0 saturated heterocycles. The molecule has 0 aliphatic heterocycles. The monoisotopic (exact) mass is 305 g/mol. The van der Waals surface area contributed by atoms with Crippen LogP contribution in [0.2, 0.25) is 0 Å². The number of hydrogen-bond donors (Lipinski definition) is 1. The van der Waals surface area contributed by atoms with Crippen LogP contribution in [0.3, 0.4) is 0 Å². The van der Waals surface area contributed by atoms with Gasteiger partial charge in [0.05, 0.1) is 15.6 Å². The molecule has 100 valence electrons. The number of hydrogen-bond acceptors (Lipinski definition) is 2. The molecule has 0 radical (unpaired) electrons. The molecule has 3 nitrogen and oxygen atoms in total. The number of H-pyrrole nitrogens is 1. The smallest absolute Gasteiger partial charge is 0.206 e. The largest absolute Gasteiger partial charge is 0.361 e. The first-order valence-corrected chi connectivity index (χ1v) is 6.68. The Morgan fingerprint density at radius 3 is 2.65 bits per heavy atom. The maximum absolute atomic E-state index is 12.2. The summed E-state index contributed by atoms with van der Waals surface area (Å²) in [7, 11) is 0. The van der Waals surface area contributed by atoms with Crippen molar-refractivity contribution in [3.63, 3.8) is 0 Å². The first kappa shape index (κ1) is 13.2. The van der Waals surface area contributed by atoms with Crippen molar-refractivity contribution in [2.24, 2.45) is 0 Å². The number of aromatic nitrogens is 1. The molecule has 0 fully saturated rings. The molecule has 5 heteroatoms. The van der Waals surface area contributed by atoms with Crippen molar-refractivity contribution in [2.75, 3.05) is 0 Å². The average molecular weight is 306 g/mol. The summed E-state index contributed by atoms with van der Waals surface area (Å²) < 4.78 is 0. The Hall–Kier alpha value is -1.84. The van der Waals surface area contributed by atoms with E-state index in [-0.39, 0.29) is 15.6 Å². The molecule has 0 saturated carbocycles. The molecule has 1 aliphatic rings. The van der Waals surface area contributed by atoms with Crippen molar-refractivity contribution < 1.29 is 9.59 Å². The molecule has 3 rings (SSSR count). The van der Waals surface area contributed by atoms with Gasteiger partial charge in [-0.1, -0.05) is 34.8 Å². The zero-order chi connectivity index (χ0) is 14.4. The zero-order valence-electron chi connectivity index (χ0n) is 10.5. The number of halogens is 2. The van der Waals surface area contributed by atoms with Gasteiger partial charge < -0.3 is 4.98 Å². The lowest BCUT2D eigenvalue weighted by Gasteiger charge is -2.11. The van der Waals surface area contributed by atoms with Crippen LogP contribution in [0.15, 0.2) is 40.5 Å². The van der Waals surface area contributed by atoms with Crippen molar-refractivity contribution in [1.82, 2.24) is 4.98 Å². The van der Waals surface area contributed by atoms with Crippen LogP contribution in [-0.2, 0) is 9.59 Å². The second kappa shape index (κ2) is 4.62. The molecule has 0 spiro atoms. The first-order valence-electron chi connectivity index (χ1n) is 5.93. The number of aryl methyl sites for hydroxylation is 1. The molecule has 1 heterocycles. The third kappa shape index (κ3) is 1.90. The van der Waals surface area contributed by atoms with Crippen LogP contribution in [0, 0.1) is 6.92 Å². The Morgan fingerprint density at radius 1 is 1.15 bits per heavy atom. The van der Waals surface area contributed by atoms with E-state index in [1.807, 2.05) is 25.1 Å². The number of benzene rings is 1. The van der Waals surface area contributed by atoms with Gasteiger partial charge in [-0.3, -0.25) is 9.59 Å². The molecule has 1 aromatic carbocycles. The summed E-state index contributed by atoms with van der Waals surface area (Å²) >= 11 is 11.8. The van der Waals surface area contributed by atoms with Crippen LogP contribution in [0.4, 0.5) is 0 Å². The highest BCUT2D eigenvalue weighted by atomic mass is 35.5. The lowest BCUT2D eigenvalue weighted by Crippen LogP contribution is -2.13. The van der Waals surface area contributed by atoms with Crippen molar-refractivity contribution in [3.05, 3.63) is 51.7 Å². The number of nitrogens with one attached hydrogen (secondary N) is 1. The van der Waals surface area contributed by atoms with E-state index >= 15 is 0 Å². The number of ketones is 2. The highest BCUT2D eigenvalue weighted by Crippen LogP contribution is 2.35. The predicted octanol–water partition coefficient (Wildman–Crippen LogP) is 3.70. The maximum atomic E-state index is 12.2. The summed E-state index contributed by atoms with van der Waals surface area (Å²) in [6.45, 7) is 1.95. The fraction of sp³-hybridized carbons (Fsp3) is 0.0667. The Kier molecular flexibility index (Phi) is 3.04. The van der Waals surface area contributed by atoms with E-state index in [1.54, 1.807) is 6.20 Å². The molecule has 0 atom stereocenters. The topological polar surface area (TPSA) is 49.9 Å². The molecule has 20 heavy (non-hydrogen) atoms. The zero-order valence-corrected chi connectivity index (χ0v) is 12.0. The number of rotatable bonds is 1. The third-order valence-corrected chi connectivity index (χ3v) is 3.90. The molecule has 1 aliphatic carbocycles. The lowest BCUT2D eigenvalue weighted by molar-refractivity contribution is -0.113. The predicted molar refractivity (Wildman–Crippen MR) is 79.8 cm³/mol. The van der Waals surface area contributed by atoms with Crippen LogP contribution in [0.25, 0.3) is 16.5 Å². The van der Waals surface area contributed by atoms with Gasteiger partial charge in [0.1, 0.15) is 0 Å². The minimum absolute atomic E-state index is 0.0955. The Morgan fingerprint density at radius 2 is 1.90 bits per heavy atom. The lowest BCUT2D eigenvalue weighted by atomic mass is 9.95. The first-order chi connectivity index (χ1) is 9.49. The summed E-state index contributed by atoms with van der Waals surface area (Å²) in [5, 5.41) is 0.629. The van der Waals surface area contributed by atoms with Gasteiger partial charge in [0.25, 0.3) is 0 Å². The minimum Gasteiger partial charge on any atom is -0.361 e. The van der Waals surface area contributed by atoms with Gasteiger partial charge in [0.15, 0.2) is 5.78 Å². The summed E-state index contributed by atoms with van der Waals surface area (Å²) in [4.78, 5) is 27.0. The highest BCUT2D eigenvalue weighted by molar-refractivity contribution is 6.62. The molecule has 0 unspecified atom stereocenters. The Balaban J connectivity index is 2.30. The van der Waals surface area contributed by atoms with E-state index in [0.717, 1.165) is 22.5 Å². The van der Waals surface area contributed by atoms with Gasteiger partial charge >= 0.3 is 0 Å². The second-order valence-electron chi connectivity index (χ2n) is 4.63. The third-order valence-electron chi connectivity index (χ3n) is 3.24. The van der Waals surface area contributed by atoms with E-state index in [0.29, 0.717) is 5.56 Å². The van der Waals surface area contributed by atoms with Crippen molar-refractivity contribution in [3.8, 4) is 0 Å². The second-order valence-corrected chi connectivity index (χ2v) is 5.41. The van der Waals surface area contributed by atoms with E-state index in [4.69, 9.17) is 23.2 Å². The fourth-order valence-corrected chi connectivity index (χ4v) is 2.70. The van der Waals surface area contributed by atoms with E-state index in [2.05, 4.69) is 4.98 Å². The summed E-state index contributed by atoms with van der Waals surface area (Å²) in [6, 6.07) is 5.80. The van der Waals surface area contributed by atoms with E-state index < -0.39 is 11.6 Å². The van der Waals surface area contributed by atoms with Crippen molar-refractivity contribution >= 4 is 51.2 Å². The van der Waals surface area contributed by atoms with Gasteiger partial charge in [-0.25, -0.2) is 0 Å². The van der Waals surface area contributed by atoms with Crippen molar-refractivity contribution in [1.29, 1.82) is 0 Å². The highest BCUT2D eigenvalue weighted by Gasteiger charge is 2.29. The minimum atomic E-state index is -0.451. The van der Waals surface area contributed by atoms with E-state index in [1.165, 1.54) is 0 Å². The van der Waals surface area contributed by atoms with E-state index in [9.17, 15) is 9.59 Å². The van der Waals surface area contributed by atoms with Gasteiger partial charge in [0.2, 0.25) is 5.78 Å². The van der Waals surface area contributed by atoms with Crippen LogP contribution in [-0.4, -0.2) is 16.6 Å². The van der Waals surface area contributed by atoms with Gasteiger partial charge in [-0.05, 0) is 19.1 Å². The van der Waals surface area contributed by atoms with Gasteiger partial charge in [-0.15, -0.1) is 0 Å².